The predicted octanol–water partition coefficient (Wildman–Crippen LogP) is 5.70. The molecule has 8 heteroatoms. The third-order valence-corrected chi connectivity index (χ3v) is 5.46. The summed E-state index contributed by atoms with van der Waals surface area (Å²) in [6.07, 6.45) is 0. The topological polar surface area (TPSA) is 77.2 Å². The molecule has 0 saturated heterocycles. The number of carbonyl (C=O) groups is 1. The van der Waals surface area contributed by atoms with Crippen molar-refractivity contribution in [1.29, 1.82) is 0 Å². The Morgan fingerprint density at radius 1 is 1.00 bits per heavy atom. The quantitative estimate of drug-likeness (QED) is 0.346. The van der Waals surface area contributed by atoms with Gasteiger partial charge in [0.15, 0.2) is 6.61 Å². The van der Waals surface area contributed by atoms with Crippen LogP contribution in [0.25, 0.3) is 11.5 Å². The van der Waals surface area contributed by atoms with E-state index in [1.54, 1.807) is 18.2 Å². The van der Waals surface area contributed by atoms with Gasteiger partial charge in [0.1, 0.15) is 5.75 Å². The number of hydrogen-bond acceptors (Lipinski definition) is 6. The summed E-state index contributed by atoms with van der Waals surface area (Å²) < 4.78 is 11.0. The number of thioether (sulfide) groups is 1. The molecule has 3 aromatic carbocycles. The molecular weight excluding hydrogens is 434 g/mol. The number of hydrogen-bond donors (Lipinski definition) is 1. The second-order valence-electron chi connectivity index (χ2n) is 6.45. The fourth-order valence-electron chi connectivity index (χ4n) is 2.73. The molecule has 0 radical (unpaired) electrons. The van der Waals surface area contributed by atoms with Gasteiger partial charge in [0.25, 0.3) is 5.89 Å². The van der Waals surface area contributed by atoms with Crippen LogP contribution in [0.1, 0.15) is 5.82 Å². The van der Waals surface area contributed by atoms with E-state index < -0.39 is 0 Å². The van der Waals surface area contributed by atoms with Crippen LogP contribution in [0, 0.1) is 0 Å². The van der Waals surface area contributed by atoms with Crippen LogP contribution in [0.4, 0.5) is 5.69 Å². The molecule has 6 nitrogen and oxygen atoms in total. The predicted molar refractivity (Wildman–Crippen MR) is 121 cm³/mol. The van der Waals surface area contributed by atoms with Gasteiger partial charge in [-0.3, -0.25) is 4.79 Å². The normalized spacial score (nSPS) is 10.6. The van der Waals surface area contributed by atoms with E-state index >= 15 is 0 Å². The van der Waals surface area contributed by atoms with Gasteiger partial charge in [-0.2, -0.15) is 4.98 Å². The number of rotatable bonds is 8. The smallest absolute Gasteiger partial charge is 0.260 e. The molecule has 0 bridgehead atoms. The van der Waals surface area contributed by atoms with Crippen LogP contribution in [0.15, 0.2) is 88.3 Å². The Morgan fingerprint density at radius 2 is 1.74 bits per heavy atom. The van der Waals surface area contributed by atoms with Crippen molar-refractivity contribution >= 4 is 35.0 Å². The Kier molecular flexibility index (Phi) is 6.86. The summed E-state index contributed by atoms with van der Waals surface area (Å²) in [5.74, 6) is 1.57. The number of benzene rings is 3. The number of carbonyl (C=O) groups excluding carboxylic acids is 1. The van der Waals surface area contributed by atoms with E-state index in [-0.39, 0.29) is 18.3 Å². The van der Waals surface area contributed by atoms with E-state index in [2.05, 4.69) is 15.5 Å². The Hall–Kier alpha value is -3.29. The Bertz CT molecular complexity index is 1150. The molecule has 0 aliphatic carbocycles. The molecule has 4 rings (SSSR count). The number of para-hydroxylation sites is 2. The van der Waals surface area contributed by atoms with Crippen molar-refractivity contribution in [3.8, 4) is 17.2 Å². The monoisotopic (exact) mass is 451 g/mol. The summed E-state index contributed by atoms with van der Waals surface area (Å²) in [4.78, 5) is 17.8. The Labute approximate surface area is 188 Å². The van der Waals surface area contributed by atoms with Crippen LogP contribution in [-0.4, -0.2) is 21.8 Å². The lowest BCUT2D eigenvalue weighted by Gasteiger charge is -2.08. The van der Waals surface area contributed by atoms with E-state index in [9.17, 15) is 4.79 Å². The summed E-state index contributed by atoms with van der Waals surface area (Å²) in [5, 5.41) is 7.55. The van der Waals surface area contributed by atoms with Crippen LogP contribution in [0.2, 0.25) is 5.02 Å². The Balaban J connectivity index is 1.39. The zero-order chi connectivity index (χ0) is 21.5. The van der Waals surface area contributed by atoms with Crippen LogP contribution in [-0.2, 0) is 11.4 Å². The summed E-state index contributed by atoms with van der Waals surface area (Å²) in [5.41, 5.74) is 1.24. The highest BCUT2D eigenvalue weighted by Crippen LogP contribution is 2.27. The summed E-state index contributed by atoms with van der Waals surface area (Å²) in [6, 6.07) is 24.1. The minimum absolute atomic E-state index is 0.139. The van der Waals surface area contributed by atoms with E-state index in [1.165, 1.54) is 11.8 Å². The maximum absolute atomic E-state index is 12.5. The van der Waals surface area contributed by atoms with E-state index in [0.717, 1.165) is 10.6 Å². The number of nitrogens with zero attached hydrogens (tertiary/aromatic N) is 2. The fraction of sp³-hybridized carbons (Fsp3) is 0.0870. The first-order valence-corrected chi connectivity index (χ1v) is 10.8. The average Bonchev–Trinajstić information content (AvgIpc) is 3.27. The molecule has 0 aliphatic rings. The van der Waals surface area contributed by atoms with E-state index in [1.807, 2.05) is 60.7 Å². The lowest BCUT2D eigenvalue weighted by Crippen LogP contribution is -2.14. The minimum atomic E-state index is -0.139. The third-order valence-electron chi connectivity index (χ3n) is 4.19. The van der Waals surface area contributed by atoms with Crippen molar-refractivity contribution in [2.45, 2.75) is 11.5 Å². The summed E-state index contributed by atoms with van der Waals surface area (Å²) in [6.45, 7) is 0.180. The van der Waals surface area contributed by atoms with Crippen LogP contribution in [0.3, 0.4) is 0 Å². The highest BCUT2D eigenvalue weighted by atomic mass is 35.5. The van der Waals surface area contributed by atoms with Gasteiger partial charge in [0.2, 0.25) is 11.7 Å². The van der Waals surface area contributed by atoms with Gasteiger partial charge < -0.3 is 14.6 Å². The zero-order valence-electron chi connectivity index (χ0n) is 16.3. The second kappa shape index (κ2) is 10.1. The van der Waals surface area contributed by atoms with Gasteiger partial charge in [-0.05, 0) is 48.5 Å². The molecule has 1 heterocycles. The SMILES string of the molecule is O=C(CSc1ccc(Cl)cc1)Nc1ccccc1-c1nc(COc2ccccc2)no1. The maximum atomic E-state index is 12.5. The number of anilines is 1. The zero-order valence-corrected chi connectivity index (χ0v) is 17.9. The lowest BCUT2D eigenvalue weighted by molar-refractivity contribution is -0.113. The first-order chi connectivity index (χ1) is 15.2. The van der Waals surface area contributed by atoms with Crippen LogP contribution < -0.4 is 10.1 Å². The molecule has 0 saturated carbocycles. The second-order valence-corrected chi connectivity index (χ2v) is 7.94. The number of nitrogens with one attached hydrogen (secondary N) is 1. The molecule has 1 N–H and O–H groups in total. The average molecular weight is 452 g/mol. The van der Waals surface area contributed by atoms with Gasteiger partial charge in [-0.25, -0.2) is 0 Å². The molecule has 4 aromatic rings. The molecule has 1 aromatic heterocycles. The molecule has 0 fully saturated rings. The molecule has 0 spiro atoms. The number of amides is 1. The van der Waals surface area contributed by atoms with Crippen LogP contribution >= 0.6 is 23.4 Å². The highest BCUT2D eigenvalue weighted by molar-refractivity contribution is 8.00. The van der Waals surface area contributed by atoms with Crippen molar-refractivity contribution in [2.75, 3.05) is 11.1 Å². The molecule has 0 atom stereocenters. The van der Waals surface area contributed by atoms with Gasteiger partial charge in [0.05, 0.1) is 17.0 Å². The lowest BCUT2D eigenvalue weighted by atomic mass is 10.1. The van der Waals surface area contributed by atoms with Crippen molar-refractivity contribution < 1.29 is 14.1 Å². The Morgan fingerprint density at radius 3 is 2.55 bits per heavy atom. The number of halogens is 1. The summed E-state index contributed by atoms with van der Waals surface area (Å²) in [7, 11) is 0. The van der Waals surface area contributed by atoms with Gasteiger partial charge in [-0.1, -0.05) is 47.1 Å². The first-order valence-electron chi connectivity index (χ1n) is 9.45. The largest absolute Gasteiger partial charge is 0.485 e. The van der Waals surface area contributed by atoms with E-state index in [4.69, 9.17) is 20.9 Å². The highest BCUT2D eigenvalue weighted by Gasteiger charge is 2.15. The summed E-state index contributed by atoms with van der Waals surface area (Å²) >= 11 is 7.32. The number of aromatic nitrogens is 2. The van der Waals surface area contributed by atoms with Crippen molar-refractivity contribution in [3.05, 3.63) is 89.7 Å². The molecule has 156 valence electrons. The van der Waals surface area contributed by atoms with Gasteiger partial charge in [-0.15, -0.1) is 11.8 Å². The fourth-order valence-corrected chi connectivity index (χ4v) is 3.56. The van der Waals surface area contributed by atoms with Gasteiger partial charge in [0, 0.05) is 9.92 Å². The molecule has 0 unspecified atom stereocenters. The molecule has 31 heavy (non-hydrogen) atoms. The maximum Gasteiger partial charge on any atom is 0.260 e. The van der Waals surface area contributed by atoms with Crippen molar-refractivity contribution in [1.82, 2.24) is 10.1 Å². The molecule has 1 amide bonds. The van der Waals surface area contributed by atoms with Crippen molar-refractivity contribution in [3.63, 3.8) is 0 Å². The molecule has 0 aliphatic heterocycles. The van der Waals surface area contributed by atoms with Gasteiger partial charge >= 0.3 is 0 Å². The van der Waals surface area contributed by atoms with E-state index in [0.29, 0.717) is 28.0 Å². The first kappa shape index (κ1) is 21.0. The number of ether oxygens (including phenoxy) is 1. The van der Waals surface area contributed by atoms with Crippen LogP contribution in [0.5, 0.6) is 5.75 Å². The standard InChI is InChI=1S/C23H18ClN3O3S/c24-16-10-12-18(13-11-16)31-15-22(28)25-20-9-5-4-8-19(20)23-26-21(27-30-23)14-29-17-6-2-1-3-7-17/h1-13H,14-15H2,(H,25,28). The van der Waals surface area contributed by atoms with Crippen molar-refractivity contribution in [2.24, 2.45) is 0 Å². The minimum Gasteiger partial charge on any atom is -0.485 e. The molecular formula is C23H18ClN3O3S. The third kappa shape index (κ3) is 5.87.